The number of fused-ring (bicyclic) bond motifs is 1. The van der Waals surface area contributed by atoms with Crippen molar-refractivity contribution in [1.29, 1.82) is 0 Å². The summed E-state index contributed by atoms with van der Waals surface area (Å²) in [6.07, 6.45) is 1.74. The molecule has 0 N–H and O–H groups in total. The normalized spacial score (nSPS) is 18.1. The summed E-state index contributed by atoms with van der Waals surface area (Å²) in [4.78, 5) is 14.9. The van der Waals surface area contributed by atoms with Gasteiger partial charge in [0, 0.05) is 50.1 Å². The fraction of sp³-hybridized carbons (Fsp3) is 0.524. The van der Waals surface area contributed by atoms with Crippen LogP contribution in [-0.4, -0.2) is 67.9 Å². The maximum absolute atomic E-state index is 5.72. The van der Waals surface area contributed by atoms with E-state index in [1.54, 1.807) is 7.11 Å². The van der Waals surface area contributed by atoms with Gasteiger partial charge in [-0.25, -0.2) is 9.97 Å². The molecule has 1 fully saturated rings. The smallest absolute Gasteiger partial charge is 0.161 e. The minimum atomic E-state index is 0.731. The van der Waals surface area contributed by atoms with Crippen LogP contribution >= 0.6 is 0 Å². The Balaban J connectivity index is 1.71. The molecule has 0 saturated carbocycles. The van der Waals surface area contributed by atoms with Gasteiger partial charge in [0.05, 0.1) is 26.0 Å². The van der Waals surface area contributed by atoms with Gasteiger partial charge in [0.25, 0.3) is 0 Å². The molecule has 2 aliphatic heterocycles. The average molecular weight is 368 g/mol. The molecule has 0 atom stereocenters. The van der Waals surface area contributed by atoms with Gasteiger partial charge < -0.3 is 19.3 Å². The Hall–Kier alpha value is -2.18. The van der Waals surface area contributed by atoms with E-state index in [4.69, 9.17) is 19.4 Å². The molecule has 3 heterocycles. The highest BCUT2D eigenvalue weighted by Gasteiger charge is 2.24. The van der Waals surface area contributed by atoms with Gasteiger partial charge in [0.15, 0.2) is 5.82 Å². The summed E-state index contributed by atoms with van der Waals surface area (Å²) in [6, 6.07) is 8.00. The van der Waals surface area contributed by atoms with Crippen molar-refractivity contribution in [3.8, 4) is 17.1 Å². The largest absolute Gasteiger partial charge is 0.497 e. The monoisotopic (exact) mass is 368 g/mol. The second-order valence-electron chi connectivity index (χ2n) is 7.06. The first-order valence-electron chi connectivity index (χ1n) is 9.87. The third-order valence-electron chi connectivity index (χ3n) is 5.52. The van der Waals surface area contributed by atoms with Crippen LogP contribution in [0.25, 0.3) is 11.4 Å². The van der Waals surface area contributed by atoms with Crippen molar-refractivity contribution in [2.45, 2.75) is 19.8 Å². The summed E-state index contributed by atoms with van der Waals surface area (Å²) in [7, 11) is 1.68. The summed E-state index contributed by atoms with van der Waals surface area (Å²) in [5.74, 6) is 2.75. The molecule has 4 rings (SSSR count). The average Bonchev–Trinajstić information content (AvgIpc) is 2.99. The Kier molecular flexibility index (Phi) is 5.55. The number of aromatic nitrogens is 2. The number of likely N-dealkylation sites (N-methyl/N-ethyl adjacent to an activating group) is 1. The van der Waals surface area contributed by atoms with E-state index in [1.807, 2.05) is 24.3 Å². The van der Waals surface area contributed by atoms with Gasteiger partial charge >= 0.3 is 0 Å². The lowest BCUT2D eigenvalue weighted by molar-refractivity contribution is 0.146. The van der Waals surface area contributed by atoms with E-state index in [1.165, 1.54) is 5.56 Å². The molecule has 1 aromatic carbocycles. The fourth-order valence-corrected chi connectivity index (χ4v) is 3.83. The van der Waals surface area contributed by atoms with Crippen molar-refractivity contribution in [3.63, 3.8) is 0 Å². The quantitative estimate of drug-likeness (QED) is 0.826. The molecule has 6 heteroatoms. The molecule has 27 heavy (non-hydrogen) atoms. The molecular weight excluding hydrogens is 340 g/mol. The van der Waals surface area contributed by atoms with E-state index < -0.39 is 0 Å². The van der Waals surface area contributed by atoms with Gasteiger partial charge in [0.1, 0.15) is 11.6 Å². The highest BCUT2D eigenvalue weighted by molar-refractivity contribution is 5.62. The summed E-state index contributed by atoms with van der Waals surface area (Å²) >= 11 is 0. The minimum Gasteiger partial charge on any atom is -0.497 e. The van der Waals surface area contributed by atoms with Crippen LogP contribution in [-0.2, 0) is 17.6 Å². The van der Waals surface area contributed by atoms with Gasteiger partial charge in [-0.2, -0.15) is 0 Å². The van der Waals surface area contributed by atoms with Gasteiger partial charge in [0.2, 0.25) is 0 Å². The Labute approximate surface area is 161 Å². The predicted octanol–water partition coefficient (Wildman–Crippen LogP) is 2.41. The van der Waals surface area contributed by atoms with Crippen molar-refractivity contribution in [2.75, 3.05) is 57.9 Å². The number of hydrogen-bond acceptors (Lipinski definition) is 6. The van der Waals surface area contributed by atoms with E-state index in [2.05, 4.69) is 16.7 Å². The Morgan fingerprint density at radius 3 is 2.44 bits per heavy atom. The Morgan fingerprint density at radius 1 is 1.00 bits per heavy atom. The third kappa shape index (κ3) is 3.92. The van der Waals surface area contributed by atoms with Crippen LogP contribution in [0.15, 0.2) is 24.3 Å². The van der Waals surface area contributed by atoms with Crippen molar-refractivity contribution in [3.05, 3.63) is 35.5 Å². The Morgan fingerprint density at radius 2 is 1.74 bits per heavy atom. The van der Waals surface area contributed by atoms with Crippen LogP contribution in [0.3, 0.4) is 0 Å². The van der Waals surface area contributed by atoms with Gasteiger partial charge in [-0.05, 0) is 30.8 Å². The van der Waals surface area contributed by atoms with Crippen molar-refractivity contribution in [2.24, 2.45) is 0 Å². The van der Waals surface area contributed by atoms with E-state index in [0.29, 0.717) is 0 Å². The second kappa shape index (κ2) is 8.23. The number of piperazine rings is 1. The molecule has 2 aromatic rings. The van der Waals surface area contributed by atoms with Crippen LogP contribution in [0.4, 0.5) is 5.82 Å². The first-order chi connectivity index (χ1) is 13.3. The van der Waals surface area contributed by atoms with Crippen molar-refractivity contribution >= 4 is 5.82 Å². The van der Waals surface area contributed by atoms with E-state index in [9.17, 15) is 0 Å². The molecule has 0 unspecified atom stereocenters. The number of methoxy groups -OCH3 is 1. The number of hydrogen-bond donors (Lipinski definition) is 0. The highest BCUT2D eigenvalue weighted by atomic mass is 16.5. The Bertz CT molecular complexity index is 770. The molecular formula is C21H28N4O2. The SMILES string of the molecule is CCN1CCN(c2nc(-c3ccc(OC)cc3)nc3c2CCOCC3)CC1. The van der Waals surface area contributed by atoms with Gasteiger partial charge in [-0.1, -0.05) is 6.92 Å². The fourth-order valence-electron chi connectivity index (χ4n) is 3.83. The standard InChI is InChI=1S/C21H28N4O2/c1-3-24-10-12-25(13-11-24)21-18-8-14-27-15-9-19(18)22-20(23-21)16-4-6-17(26-2)7-5-16/h4-7H,3,8-15H2,1-2H3. The van der Waals surface area contributed by atoms with Crippen LogP contribution in [0.2, 0.25) is 0 Å². The lowest BCUT2D eigenvalue weighted by Crippen LogP contribution is -2.47. The summed E-state index contributed by atoms with van der Waals surface area (Å²) in [5, 5.41) is 0. The van der Waals surface area contributed by atoms with Gasteiger partial charge in [-0.15, -0.1) is 0 Å². The summed E-state index contributed by atoms with van der Waals surface area (Å²) < 4.78 is 11.0. The number of rotatable bonds is 4. The van der Waals surface area contributed by atoms with Crippen LogP contribution in [0, 0.1) is 0 Å². The zero-order chi connectivity index (χ0) is 18.6. The predicted molar refractivity (Wildman–Crippen MR) is 107 cm³/mol. The maximum Gasteiger partial charge on any atom is 0.161 e. The van der Waals surface area contributed by atoms with Gasteiger partial charge in [-0.3, -0.25) is 0 Å². The maximum atomic E-state index is 5.72. The molecule has 0 spiro atoms. The van der Waals surface area contributed by atoms with E-state index >= 15 is 0 Å². The number of ether oxygens (including phenoxy) is 2. The lowest BCUT2D eigenvalue weighted by Gasteiger charge is -2.36. The minimum absolute atomic E-state index is 0.731. The summed E-state index contributed by atoms with van der Waals surface area (Å²) in [5.41, 5.74) is 3.44. The molecule has 2 aliphatic rings. The van der Waals surface area contributed by atoms with Crippen molar-refractivity contribution in [1.82, 2.24) is 14.9 Å². The molecule has 1 aromatic heterocycles. The molecule has 6 nitrogen and oxygen atoms in total. The summed E-state index contributed by atoms with van der Waals surface area (Å²) in [6.45, 7) is 9.02. The number of benzene rings is 1. The second-order valence-corrected chi connectivity index (χ2v) is 7.06. The van der Waals surface area contributed by atoms with Crippen molar-refractivity contribution < 1.29 is 9.47 Å². The topological polar surface area (TPSA) is 50.7 Å². The van der Waals surface area contributed by atoms with Crippen LogP contribution < -0.4 is 9.64 Å². The zero-order valence-electron chi connectivity index (χ0n) is 16.3. The number of nitrogens with zero attached hydrogens (tertiary/aromatic N) is 4. The molecule has 0 amide bonds. The highest BCUT2D eigenvalue weighted by Crippen LogP contribution is 2.29. The van der Waals surface area contributed by atoms with Crippen LogP contribution in [0.1, 0.15) is 18.2 Å². The molecule has 144 valence electrons. The zero-order valence-corrected chi connectivity index (χ0v) is 16.3. The third-order valence-corrected chi connectivity index (χ3v) is 5.52. The molecule has 0 bridgehead atoms. The van der Waals surface area contributed by atoms with Crippen LogP contribution in [0.5, 0.6) is 5.75 Å². The first-order valence-corrected chi connectivity index (χ1v) is 9.87. The van der Waals surface area contributed by atoms with E-state index in [0.717, 1.165) is 87.4 Å². The lowest BCUT2D eigenvalue weighted by atomic mass is 10.1. The molecule has 0 aliphatic carbocycles. The number of anilines is 1. The molecule has 0 radical (unpaired) electrons. The molecule has 1 saturated heterocycles. The van der Waals surface area contributed by atoms with E-state index in [-0.39, 0.29) is 0 Å². The first kappa shape index (κ1) is 18.2.